The van der Waals surface area contributed by atoms with Crippen molar-refractivity contribution in [2.24, 2.45) is 5.92 Å². The first-order chi connectivity index (χ1) is 9.60. The zero-order chi connectivity index (χ0) is 14.5. The highest BCUT2D eigenvalue weighted by atomic mass is 16.5. The van der Waals surface area contributed by atoms with Crippen LogP contribution in [0.1, 0.15) is 35.6 Å². The van der Waals surface area contributed by atoms with E-state index in [0.717, 1.165) is 31.8 Å². The average molecular weight is 277 g/mol. The van der Waals surface area contributed by atoms with E-state index >= 15 is 0 Å². The van der Waals surface area contributed by atoms with Gasteiger partial charge in [-0.05, 0) is 56.8 Å². The third-order valence-electron chi connectivity index (χ3n) is 4.32. The Bertz CT molecular complexity index is 425. The Morgan fingerprint density at radius 1 is 1.30 bits per heavy atom. The second kappa shape index (κ2) is 7.21. The Kier molecular flexibility index (Phi) is 5.58. The molecule has 1 heterocycles. The lowest BCUT2D eigenvalue weighted by Gasteiger charge is -2.33. The highest BCUT2D eigenvalue weighted by Gasteiger charge is 2.21. The number of rotatable bonds is 5. The summed E-state index contributed by atoms with van der Waals surface area (Å²) in [7, 11) is 1.77. The maximum Gasteiger partial charge on any atom is 0.0919 e. The molecule has 1 saturated heterocycles. The normalized spacial score (nSPS) is 19.2. The lowest BCUT2D eigenvalue weighted by molar-refractivity contribution is 0.0654. The van der Waals surface area contributed by atoms with Crippen molar-refractivity contribution in [2.75, 3.05) is 33.4 Å². The number of piperidine rings is 1. The second-order valence-corrected chi connectivity index (χ2v) is 6.08. The third-order valence-corrected chi connectivity index (χ3v) is 4.32. The van der Waals surface area contributed by atoms with E-state index in [1.165, 1.54) is 24.0 Å². The number of hydrogen-bond acceptors (Lipinski definition) is 3. The highest BCUT2D eigenvalue weighted by Crippen LogP contribution is 2.23. The van der Waals surface area contributed by atoms with Gasteiger partial charge in [-0.2, -0.15) is 0 Å². The molecule has 3 nitrogen and oxygen atoms in total. The summed E-state index contributed by atoms with van der Waals surface area (Å²) in [6.45, 7) is 7.91. The van der Waals surface area contributed by atoms with Crippen molar-refractivity contribution in [3.05, 3.63) is 34.9 Å². The predicted octanol–water partition coefficient (Wildman–Crippen LogP) is 2.70. The van der Waals surface area contributed by atoms with Crippen LogP contribution in [0.15, 0.2) is 18.2 Å². The molecule has 0 amide bonds. The minimum atomic E-state index is -0.380. The number of aliphatic hydroxyl groups is 1. The number of ether oxygens (including phenoxy) is 1. The maximum atomic E-state index is 10.4. The largest absolute Gasteiger partial charge is 0.387 e. The smallest absolute Gasteiger partial charge is 0.0919 e. The third kappa shape index (κ3) is 4.05. The SMILES string of the molecule is COCC1CCN(CC(O)c2ccc(C)cc2C)CC1. The molecule has 0 bridgehead atoms. The number of β-amino-alcohol motifs (C(OH)–C–C–N with tert-alkyl or cyclic N) is 1. The number of hydrogen-bond donors (Lipinski definition) is 1. The van der Waals surface area contributed by atoms with Gasteiger partial charge in [-0.3, -0.25) is 0 Å². The molecule has 3 heteroatoms. The summed E-state index contributed by atoms with van der Waals surface area (Å²) in [6.07, 6.45) is 1.97. The summed E-state index contributed by atoms with van der Waals surface area (Å²) in [6, 6.07) is 6.28. The molecule has 1 fully saturated rings. The minimum Gasteiger partial charge on any atom is -0.387 e. The van der Waals surface area contributed by atoms with Crippen LogP contribution in [-0.4, -0.2) is 43.4 Å². The quantitative estimate of drug-likeness (QED) is 0.898. The molecule has 1 aliphatic rings. The first-order valence-electron chi connectivity index (χ1n) is 7.56. The molecule has 0 radical (unpaired) electrons. The van der Waals surface area contributed by atoms with Gasteiger partial charge in [0.2, 0.25) is 0 Å². The lowest BCUT2D eigenvalue weighted by atomic mass is 9.96. The standard InChI is InChI=1S/C17H27NO2/c1-13-4-5-16(14(2)10-13)17(19)11-18-8-6-15(7-9-18)12-20-3/h4-5,10,15,17,19H,6-9,11-12H2,1-3H3. The van der Waals surface area contributed by atoms with Crippen LogP contribution in [0, 0.1) is 19.8 Å². The molecule has 112 valence electrons. The fourth-order valence-corrected chi connectivity index (χ4v) is 3.11. The molecule has 1 N–H and O–H groups in total. The van der Waals surface area contributed by atoms with E-state index < -0.39 is 0 Å². The van der Waals surface area contributed by atoms with Crippen molar-refractivity contribution in [1.29, 1.82) is 0 Å². The van der Waals surface area contributed by atoms with Gasteiger partial charge in [-0.25, -0.2) is 0 Å². The van der Waals surface area contributed by atoms with Gasteiger partial charge in [0.15, 0.2) is 0 Å². The highest BCUT2D eigenvalue weighted by molar-refractivity contribution is 5.32. The minimum absolute atomic E-state index is 0.380. The number of methoxy groups -OCH3 is 1. The van der Waals surface area contributed by atoms with Crippen LogP contribution < -0.4 is 0 Å². The van der Waals surface area contributed by atoms with Crippen LogP contribution in [0.3, 0.4) is 0 Å². The maximum absolute atomic E-state index is 10.4. The van der Waals surface area contributed by atoms with Crippen LogP contribution in [0.4, 0.5) is 0 Å². The second-order valence-electron chi connectivity index (χ2n) is 6.08. The molecule has 0 aromatic heterocycles. The number of aliphatic hydroxyl groups excluding tert-OH is 1. The molecule has 0 aliphatic carbocycles. The first kappa shape index (κ1) is 15.5. The van der Waals surface area contributed by atoms with Crippen LogP contribution in [0.25, 0.3) is 0 Å². The van der Waals surface area contributed by atoms with E-state index in [1.54, 1.807) is 7.11 Å². The predicted molar refractivity (Wildman–Crippen MR) is 81.9 cm³/mol. The van der Waals surface area contributed by atoms with E-state index in [4.69, 9.17) is 4.74 Å². The first-order valence-corrected chi connectivity index (χ1v) is 7.56. The van der Waals surface area contributed by atoms with Gasteiger partial charge in [0.25, 0.3) is 0 Å². The van der Waals surface area contributed by atoms with Gasteiger partial charge >= 0.3 is 0 Å². The molecule has 0 saturated carbocycles. The molecule has 0 spiro atoms. The summed E-state index contributed by atoms with van der Waals surface area (Å²) in [5, 5.41) is 10.4. The zero-order valence-corrected chi connectivity index (χ0v) is 12.9. The number of aryl methyl sites for hydroxylation is 2. The lowest BCUT2D eigenvalue weighted by Crippen LogP contribution is -2.37. The summed E-state index contributed by atoms with van der Waals surface area (Å²) in [4.78, 5) is 2.37. The number of benzene rings is 1. The number of likely N-dealkylation sites (tertiary alicyclic amines) is 1. The van der Waals surface area contributed by atoms with Gasteiger partial charge in [0.1, 0.15) is 0 Å². The molecule has 1 unspecified atom stereocenters. The topological polar surface area (TPSA) is 32.7 Å². The van der Waals surface area contributed by atoms with Crippen LogP contribution >= 0.6 is 0 Å². The van der Waals surface area contributed by atoms with Gasteiger partial charge in [-0.15, -0.1) is 0 Å². The Morgan fingerprint density at radius 3 is 2.60 bits per heavy atom. The van der Waals surface area contributed by atoms with Crippen LogP contribution in [-0.2, 0) is 4.74 Å². The summed E-state index contributed by atoms with van der Waals surface area (Å²) >= 11 is 0. The molecule has 20 heavy (non-hydrogen) atoms. The van der Waals surface area contributed by atoms with Crippen molar-refractivity contribution < 1.29 is 9.84 Å². The summed E-state index contributed by atoms with van der Waals surface area (Å²) in [5.41, 5.74) is 3.50. The van der Waals surface area contributed by atoms with Crippen molar-refractivity contribution in [3.63, 3.8) is 0 Å². The van der Waals surface area contributed by atoms with Crippen LogP contribution in [0.2, 0.25) is 0 Å². The Hall–Kier alpha value is -0.900. The Morgan fingerprint density at radius 2 is 2.00 bits per heavy atom. The van der Waals surface area contributed by atoms with Gasteiger partial charge in [0, 0.05) is 20.3 Å². The molecular weight excluding hydrogens is 250 g/mol. The molecule has 1 atom stereocenters. The van der Waals surface area contributed by atoms with E-state index in [2.05, 4.69) is 36.9 Å². The van der Waals surface area contributed by atoms with Gasteiger partial charge in [-0.1, -0.05) is 23.8 Å². The van der Waals surface area contributed by atoms with Crippen molar-refractivity contribution in [2.45, 2.75) is 32.8 Å². The van der Waals surface area contributed by atoms with Crippen molar-refractivity contribution in [1.82, 2.24) is 4.90 Å². The van der Waals surface area contributed by atoms with E-state index in [1.807, 2.05) is 0 Å². The van der Waals surface area contributed by atoms with E-state index in [0.29, 0.717) is 5.92 Å². The molecule has 2 rings (SSSR count). The van der Waals surface area contributed by atoms with Crippen LogP contribution in [0.5, 0.6) is 0 Å². The van der Waals surface area contributed by atoms with Gasteiger partial charge < -0.3 is 14.7 Å². The van der Waals surface area contributed by atoms with Crippen molar-refractivity contribution in [3.8, 4) is 0 Å². The Labute approximate surface area is 122 Å². The van der Waals surface area contributed by atoms with E-state index in [9.17, 15) is 5.11 Å². The fraction of sp³-hybridized carbons (Fsp3) is 0.647. The summed E-state index contributed by atoms with van der Waals surface area (Å²) < 4.78 is 5.23. The molecule has 1 aromatic rings. The zero-order valence-electron chi connectivity index (χ0n) is 12.9. The Balaban J connectivity index is 1.87. The van der Waals surface area contributed by atoms with Crippen molar-refractivity contribution >= 4 is 0 Å². The van der Waals surface area contributed by atoms with Gasteiger partial charge in [0.05, 0.1) is 6.10 Å². The molecule has 1 aliphatic heterocycles. The monoisotopic (exact) mass is 277 g/mol. The fourth-order valence-electron chi connectivity index (χ4n) is 3.11. The molecule has 1 aromatic carbocycles. The average Bonchev–Trinajstić information content (AvgIpc) is 2.41. The molecular formula is C17H27NO2. The summed E-state index contributed by atoms with van der Waals surface area (Å²) in [5.74, 6) is 0.689. The number of nitrogens with zero attached hydrogens (tertiary/aromatic N) is 1. The van der Waals surface area contributed by atoms with E-state index in [-0.39, 0.29) is 6.10 Å².